The molecule has 0 saturated heterocycles. The molecule has 4 rings (SSSR count). The summed E-state index contributed by atoms with van der Waals surface area (Å²) in [5, 5.41) is 11.8. The molecule has 0 aliphatic carbocycles. The third-order valence-electron chi connectivity index (χ3n) is 5.27. The van der Waals surface area contributed by atoms with Crippen molar-refractivity contribution in [3.05, 3.63) is 77.8 Å². The molecule has 0 radical (unpaired) electrons. The summed E-state index contributed by atoms with van der Waals surface area (Å²) in [7, 11) is 1.36. The van der Waals surface area contributed by atoms with E-state index in [1.54, 1.807) is 0 Å². The molecule has 32 heavy (non-hydrogen) atoms. The lowest BCUT2D eigenvalue weighted by atomic mass is 10.00. The summed E-state index contributed by atoms with van der Waals surface area (Å²) in [6.45, 7) is 4.22. The maximum Gasteiger partial charge on any atom is 0.356 e. The smallest absolute Gasteiger partial charge is 0.356 e. The Balaban J connectivity index is 2.00. The van der Waals surface area contributed by atoms with E-state index < -0.39 is 17.2 Å². The first-order valence-corrected chi connectivity index (χ1v) is 11.2. The highest BCUT2D eigenvalue weighted by Crippen LogP contribution is 2.24. The van der Waals surface area contributed by atoms with Crippen molar-refractivity contribution >= 4 is 50.5 Å². The van der Waals surface area contributed by atoms with Crippen molar-refractivity contribution in [2.75, 3.05) is 0 Å². The molecule has 4 aromatic rings. The van der Waals surface area contributed by atoms with Crippen LogP contribution in [0.25, 0.3) is 21.9 Å². The number of carboxylic acids is 1. The Hall–Kier alpha value is -3.08. The molecule has 0 fully saturated rings. The van der Waals surface area contributed by atoms with Crippen LogP contribution in [0.5, 0.6) is 0 Å². The molecule has 164 valence electrons. The second kappa shape index (κ2) is 8.45. The van der Waals surface area contributed by atoms with Crippen LogP contribution in [0.2, 0.25) is 0 Å². The first-order valence-electron chi connectivity index (χ1n) is 10.1. The number of nitrogens with zero attached hydrogens (tertiary/aromatic N) is 4. The lowest BCUT2D eigenvalue weighted by Gasteiger charge is -2.15. The standard InChI is InChI=1S/C23H21IN4O4/c1-12(2)11-28-20-19(21(29)27(3)23(28)32)26-18(22(30)31)17(25-20)10-14-6-4-5-13-9-15(24)7-8-16(13)14/h4-9,12H,10-11H2,1-3H3,(H,30,31). The Bertz CT molecular complexity index is 1500. The number of carbonyl (C=O) groups is 1. The van der Waals surface area contributed by atoms with Gasteiger partial charge < -0.3 is 5.11 Å². The topological polar surface area (TPSA) is 107 Å². The quantitative estimate of drug-likeness (QED) is 0.387. The van der Waals surface area contributed by atoms with Crippen LogP contribution in [0, 0.1) is 9.49 Å². The van der Waals surface area contributed by atoms with E-state index in [-0.39, 0.29) is 34.9 Å². The fourth-order valence-electron chi connectivity index (χ4n) is 3.79. The molecular formula is C23H21IN4O4. The zero-order valence-electron chi connectivity index (χ0n) is 17.8. The van der Waals surface area contributed by atoms with Crippen molar-refractivity contribution in [2.45, 2.75) is 26.8 Å². The van der Waals surface area contributed by atoms with Gasteiger partial charge in [0.2, 0.25) is 0 Å². The van der Waals surface area contributed by atoms with E-state index in [9.17, 15) is 19.5 Å². The Labute approximate surface area is 196 Å². The number of fused-ring (bicyclic) bond motifs is 2. The number of carboxylic acid groups (broad SMARTS) is 1. The van der Waals surface area contributed by atoms with Gasteiger partial charge in [0, 0.05) is 23.6 Å². The molecule has 0 bridgehead atoms. The summed E-state index contributed by atoms with van der Waals surface area (Å²) in [5.74, 6) is -1.16. The van der Waals surface area contributed by atoms with E-state index in [2.05, 4.69) is 32.6 Å². The van der Waals surface area contributed by atoms with Gasteiger partial charge in [-0.15, -0.1) is 0 Å². The molecule has 9 heteroatoms. The molecule has 2 heterocycles. The highest BCUT2D eigenvalue weighted by Gasteiger charge is 2.22. The van der Waals surface area contributed by atoms with Crippen LogP contribution >= 0.6 is 22.6 Å². The van der Waals surface area contributed by atoms with E-state index in [4.69, 9.17) is 0 Å². The summed E-state index contributed by atoms with van der Waals surface area (Å²) in [5.41, 5.74) is -0.363. The van der Waals surface area contributed by atoms with Gasteiger partial charge in [0.15, 0.2) is 16.9 Å². The van der Waals surface area contributed by atoms with Crippen molar-refractivity contribution in [1.82, 2.24) is 19.1 Å². The second-order valence-electron chi connectivity index (χ2n) is 8.11. The zero-order valence-corrected chi connectivity index (χ0v) is 20.0. The van der Waals surface area contributed by atoms with Gasteiger partial charge in [0.1, 0.15) is 0 Å². The van der Waals surface area contributed by atoms with E-state index in [0.717, 1.165) is 24.5 Å². The monoisotopic (exact) mass is 544 g/mol. The van der Waals surface area contributed by atoms with E-state index in [1.807, 2.05) is 50.2 Å². The third-order valence-corrected chi connectivity index (χ3v) is 5.94. The van der Waals surface area contributed by atoms with Gasteiger partial charge in [0.25, 0.3) is 5.56 Å². The summed E-state index contributed by atoms with van der Waals surface area (Å²) in [4.78, 5) is 46.2. The number of halogens is 1. The largest absolute Gasteiger partial charge is 0.476 e. The molecule has 0 saturated carbocycles. The Morgan fingerprint density at radius 1 is 1.16 bits per heavy atom. The average Bonchev–Trinajstić information content (AvgIpc) is 2.74. The normalized spacial score (nSPS) is 11.5. The Morgan fingerprint density at radius 2 is 1.91 bits per heavy atom. The minimum atomic E-state index is -1.27. The molecule has 0 atom stereocenters. The Morgan fingerprint density at radius 3 is 2.59 bits per heavy atom. The maximum atomic E-state index is 12.8. The van der Waals surface area contributed by atoms with Gasteiger partial charge in [-0.25, -0.2) is 19.6 Å². The molecule has 0 unspecified atom stereocenters. The lowest BCUT2D eigenvalue weighted by Crippen LogP contribution is -2.40. The molecule has 1 N–H and O–H groups in total. The van der Waals surface area contributed by atoms with E-state index in [1.165, 1.54) is 11.6 Å². The van der Waals surface area contributed by atoms with Gasteiger partial charge in [0.05, 0.1) is 5.69 Å². The maximum absolute atomic E-state index is 12.8. The highest BCUT2D eigenvalue weighted by atomic mass is 127. The van der Waals surface area contributed by atoms with Crippen molar-refractivity contribution in [1.29, 1.82) is 0 Å². The van der Waals surface area contributed by atoms with E-state index >= 15 is 0 Å². The van der Waals surface area contributed by atoms with Crippen molar-refractivity contribution in [3.8, 4) is 0 Å². The predicted molar refractivity (Wildman–Crippen MR) is 130 cm³/mol. The van der Waals surface area contributed by atoms with Gasteiger partial charge >= 0.3 is 11.7 Å². The number of benzene rings is 2. The molecule has 0 aliphatic rings. The number of rotatable bonds is 5. The second-order valence-corrected chi connectivity index (χ2v) is 9.35. The van der Waals surface area contributed by atoms with E-state index in [0.29, 0.717) is 6.54 Å². The predicted octanol–water partition coefficient (Wildman–Crippen LogP) is 3.19. The molecule has 8 nitrogen and oxygen atoms in total. The summed E-state index contributed by atoms with van der Waals surface area (Å²) in [6.07, 6.45) is 0.202. The van der Waals surface area contributed by atoms with Crippen LogP contribution < -0.4 is 11.2 Å². The minimum absolute atomic E-state index is 0.110. The van der Waals surface area contributed by atoms with Crippen LogP contribution in [0.3, 0.4) is 0 Å². The minimum Gasteiger partial charge on any atom is -0.476 e. The number of hydrogen-bond donors (Lipinski definition) is 1. The van der Waals surface area contributed by atoms with Gasteiger partial charge in [-0.3, -0.25) is 13.9 Å². The summed E-state index contributed by atoms with van der Waals surface area (Å²) in [6, 6.07) is 11.8. The third kappa shape index (κ3) is 3.92. The molecule has 2 aromatic heterocycles. The fourth-order valence-corrected chi connectivity index (χ4v) is 4.30. The molecule has 2 aromatic carbocycles. The Kier molecular flexibility index (Phi) is 5.85. The summed E-state index contributed by atoms with van der Waals surface area (Å²) >= 11 is 2.24. The van der Waals surface area contributed by atoms with Crippen molar-refractivity contribution < 1.29 is 9.90 Å². The van der Waals surface area contributed by atoms with Crippen LogP contribution in [-0.2, 0) is 20.0 Å². The van der Waals surface area contributed by atoms with Gasteiger partial charge in [-0.1, -0.05) is 38.1 Å². The van der Waals surface area contributed by atoms with Crippen LogP contribution in [0.1, 0.15) is 35.6 Å². The highest BCUT2D eigenvalue weighted by molar-refractivity contribution is 14.1. The van der Waals surface area contributed by atoms with Crippen LogP contribution in [-0.4, -0.2) is 30.2 Å². The van der Waals surface area contributed by atoms with Crippen molar-refractivity contribution in [3.63, 3.8) is 0 Å². The van der Waals surface area contributed by atoms with Crippen molar-refractivity contribution in [2.24, 2.45) is 13.0 Å². The zero-order chi connectivity index (χ0) is 23.2. The number of hydrogen-bond acceptors (Lipinski definition) is 5. The van der Waals surface area contributed by atoms with Gasteiger partial charge in [-0.2, -0.15) is 0 Å². The molecule has 0 aliphatic heterocycles. The average molecular weight is 544 g/mol. The molecule has 0 amide bonds. The number of aromatic carboxylic acids is 1. The number of aromatic nitrogens is 4. The van der Waals surface area contributed by atoms with Gasteiger partial charge in [-0.05, 0) is 57.0 Å². The van der Waals surface area contributed by atoms with Crippen LogP contribution in [0.4, 0.5) is 0 Å². The molecule has 0 spiro atoms. The van der Waals surface area contributed by atoms with Crippen LogP contribution in [0.15, 0.2) is 46.0 Å². The molecular weight excluding hydrogens is 523 g/mol. The summed E-state index contributed by atoms with van der Waals surface area (Å²) < 4.78 is 3.43. The lowest BCUT2D eigenvalue weighted by molar-refractivity contribution is 0.0689. The first-order chi connectivity index (χ1) is 15.2. The SMILES string of the molecule is CC(C)Cn1c(=O)n(C)c(=O)c2nc(C(=O)O)c(Cc3cccc4cc(I)ccc34)nc21. The fraction of sp³-hybridized carbons (Fsp3) is 0.261. The first kappa shape index (κ1) is 22.1.